The van der Waals surface area contributed by atoms with E-state index >= 15 is 0 Å². The Morgan fingerprint density at radius 2 is 2.39 bits per heavy atom. The Bertz CT molecular complexity index is 400. The number of carbonyl (C=O) groups excluding carboxylic acids is 1. The molecule has 100 valence electrons. The van der Waals surface area contributed by atoms with E-state index in [0.29, 0.717) is 13.1 Å². The molecule has 0 bridgehead atoms. The molecule has 0 saturated carbocycles. The van der Waals surface area contributed by atoms with E-state index in [4.69, 9.17) is 4.74 Å². The summed E-state index contributed by atoms with van der Waals surface area (Å²) in [6.07, 6.45) is 1.54. The third-order valence-corrected chi connectivity index (χ3v) is 3.47. The molecule has 1 N–H and O–H groups in total. The highest BCUT2D eigenvalue weighted by molar-refractivity contribution is 7.09. The molecule has 2 rings (SSSR count). The molecule has 1 aliphatic rings. The van der Waals surface area contributed by atoms with Gasteiger partial charge in [0.2, 0.25) is 0 Å². The molecule has 0 spiro atoms. The summed E-state index contributed by atoms with van der Waals surface area (Å²) in [5.41, 5.74) is -0.446. The summed E-state index contributed by atoms with van der Waals surface area (Å²) < 4.78 is 5.39. The Balaban J connectivity index is 1.96. The first-order valence-electron chi connectivity index (χ1n) is 6.06. The molecule has 1 fully saturated rings. The Hall–Kier alpha value is -1.14. The van der Waals surface area contributed by atoms with E-state index in [2.05, 4.69) is 10.3 Å². The fourth-order valence-corrected chi connectivity index (χ4v) is 2.52. The second kappa shape index (κ2) is 5.24. The van der Waals surface area contributed by atoms with E-state index in [9.17, 15) is 4.79 Å². The molecule has 1 amide bonds. The number of hydrogen-bond acceptors (Lipinski definition) is 5. The van der Waals surface area contributed by atoms with Gasteiger partial charge in [-0.05, 0) is 20.8 Å². The number of rotatable bonds is 1. The maximum Gasteiger partial charge on any atom is 0.410 e. The molecule has 18 heavy (non-hydrogen) atoms. The summed E-state index contributed by atoms with van der Waals surface area (Å²) in [7, 11) is 0. The van der Waals surface area contributed by atoms with Crippen molar-refractivity contribution in [2.75, 3.05) is 19.6 Å². The summed E-state index contributed by atoms with van der Waals surface area (Å²) in [5, 5.41) is 6.33. The minimum absolute atomic E-state index is 0.117. The summed E-state index contributed by atoms with van der Waals surface area (Å²) in [6, 6.07) is 0.117. The Morgan fingerprint density at radius 1 is 1.61 bits per heavy atom. The highest BCUT2D eigenvalue weighted by Crippen LogP contribution is 2.20. The molecule has 0 radical (unpaired) electrons. The zero-order valence-corrected chi connectivity index (χ0v) is 11.8. The maximum absolute atomic E-state index is 12.0. The summed E-state index contributed by atoms with van der Waals surface area (Å²) in [6.45, 7) is 7.70. The van der Waals surface area contributed by atoms with Crippen LogP contribution in [-0.4, -0.2) is 41.2 Å². The number of piperazine rings is 1. The van der Waals surface area contributed by atoms with Crippen LogP contribution < -0.4 is 5.32 Å². The third kappa shape index (κ3) is 3.43. The second-order valence-corrected chi connectivity index (χ2v) is 6.23. The van der Waals surface area contributed by atoms with Crippen molar-refractivity contribution in [2.24, 2.45) is 0 Å². The van der Waals surface area contributed by atoms with Gasteiger partial charge in [0, 0.05) is 31.2 Å². The average molecular weight is 269 g/mol. The normalized spacial score (nSPS) is 20.8. The number of amides is 1. The van der Waals surface area contributed by atoms with Gasteiger partial charge in [-0.3, -0.25) is 0 Å². The third-order valence-electron chi connectivity index (χ3n) is 2.58. The lowest BCUT2D eigenvalue weighted by atomic mass is 10.2. The minimum atomic E-state index is -0.446. The predicted octanol–water partition coefficient (Wildman–Crippen LogP) is 2.02. The Labute approximate surface area is 111 Å². The lowest BCUT2D eigenvalue weighted by Crippen LogP contribution is -2.49. The fraction of sp³-hybridized carbons (Fsp3) is 0.667. The molecule has 1 aromatic rings. The number of thiazole rings is 1. The monoisotopic (exact) mass is 269 g/mol. The van der Waals surface area contributed by atoms with Crippen LogP contribution in [0.15, 0.2) is 11.6 Å². The van der Waals surface area contributed by atoms with Crippen LogP contribution in [0.1, 0.15) is 31.8 Å². The number of aromatic nitrogens is 1. The molecule has 5 nitrogen and oxygen atoms in total. The summed E-state index contributed by atoms with van der Waals surface area (Å²) >= 11 is 1.60. The van der Waals surface area contributed by atoms with Gasteiger partial charge in [0.15, 0.2) is 0 Å². The Morgan fingerprint density at radius 3 is 3.00 bits per heavy atom. The van der Waals surface area contributed by atoms with Gasteiger partial charge in [-0.25, -0.2) is 9.78 Å². The SMILES string of the molecule is CC(C)(C)OC(=O)N1CCNC(c2nccs2)C1. The fourth-order valence-electron chi connectivity index (χ4n) is 1.81. The van der Waals surface area contributed by atoms with Crippen LogP contribution in [0.5, 0.6) is 0 Å². The van der Waals surface area contributed by atoms with Gasteiger partial charge < -0.3 is 15.0 Å². The zero-order valence-electron chi connectivity index (χ0n) is 11.0. The van der Waals surface area contributed by atoms with Crippen LogP contribution in [0, 0.1) is 0 Å². The van der Waals surface area contributed by atoms with Crippen molar-refractivity contribution in [1.82, 2.24) is 15.2 Å². The van der Waals surface area contributed by atoms with Crippen molar-refractivity contribution in [3.05, 3.63) is 16.6 Å². The van der Waals surface area contributed by atoms with E-state index in [-0.39, 0.29) is 12.1 Å². The summed E-state index contributed by atoms with van der Waals surface area (Å²) in [5.74, 6) is 0. The van der Waals surface area contributed by atoms with E-state index in [1.807, 2.05) is 26.2 Å². The quantitative estimate of drug-likeness (QED) is 0.847. The average Bonchev–Trinajstić information content (AvgIpc) is 2.80. The molecule has 1 saturated heterocycles. The van der Waals surface area contributed by atoms with E-state index < -0.39 is 5.60 Å². The van der Waals surface area contributed by atoms with Crippen LogP contribution in [0.3, 0.4) is 0 Å². The van der Waals surface area contributed by atoms with Gasteiger partial charge in [0.25, 0.3) is 0 Å². The number of nitrogens with one attached hydrogen (secondary N) is 1. The smallest absolute Gasteiger partial charge is 0.410 e. The molecule has 1 aliphatic heterocycles. The van der Waals surface area contributed by atoms with Gasteiger partial charge >= 0.3 is 6.09 Å². The number of ether oxygens (including phenoxy) is 1. The highest BCUT2D eigenvalue weighted by Gasteiger charge is 2.28. The zero-order chi connectivity index (χ0) is 13.2. The van der Waals surface area contributed by atoms with Crippen LogP contribution in [0.4, 0.5) is 4.79 Å². The van der Waals surface area contributed by atoms with Crippen molar-refractivity contribution in [1.29, 1.82) is 0 Å². The molecule has 2 heterocycles. The van der Waals surface area contributed by atoms with E-state index in [1.165, 1.54) is 0 Å². The molecule has 1 atom stereocenters. The number of hydrogen-bond donors (Lipinski definition) is 1. The van der Waals surface area contributed by atoms with Gasteiger partial charge in [0.1, 0.15) is 10.6 Å². The van der Waals surface area contributed by atoms with E-state index in [0.717, 1.165) is 11.6 Å². The lowest BCUT2D eigenvalue weighted by molar-refractivity contribution is 0.0195. The Kier molecular flexibility index (Phi) is 3.87. The van der Waals surface area contributed by atoms with Gasteiger partial charge in [-0.1, -0.05) is 0 Å². The van der Waals surface area contributed by atoms with Crippen LogP contribution in [0.25, 0.3) is 0 Å². The van der Waals surface area contributed by atoms with Crippen molar-refractivity contribution >= 4 is 17.4 Å². The van der Waals surface area contributed by atoms with Crippen molar-refractivity contribution in [3.8, 4) is 0 Å². The second-order valence-electron chi connectivity index (χ2n) is 5.30. The van der Waals surface area contributed by atoms with Crippen molar-refractivity contribution in [3.63, 3.8) is 0 Å². The van der Waals surface area contributed by atoms with E-state index in [1.54, 1.807) is 22.4 Å². The van der Waals surface area contributed by atoms with Crippen molar-refractivity contribution in [2.45, 2.75) is 32.4 Å². The lowest BCUT2D eigenvalue weighted by Gasteiger charge is -2.34. The number of carbonyl (C=O) groups is 1. The first-order valence-corrected chi connectivity index (χ1v) is 6.94. The topological polar surface area (TPSA) is 54.5 Å². The minimum Gasteiger partial charge on any atom is -0.444 e. The molecule has 1 unspecified atom stereocenters. The molecular formula is C12H19N3O2S. The van der Waals surface area contributed by atoms with Crippen molar-refractivity contribution < 1.29 is 9.53 Å². The van der Waals surface area contributed by atoms with Gasteiger partial charge in [-0.15, -0.1) is 11.3 Å². The maximum atomic E-state index is 12.0. The van der Waals surface area contributed by atoms with Gasteiger partial charge in [-0.2, -0.15) is 0 Å². The van der Waals surface area contributed by atoms with Crippen LogP contribution in [0.2, 0.25) is 0 Å². The highest BCUT2D eigenvalue weighted by atomic mass is 32.1. The predicted molar refractivity (Wildman–Crippen MR) is 70.7 cm³/mol. The number of nitrogens with zero attached hydrogens (tertiary/aromatic N) is 2. The summed E-state index contributed by atoms with van der Waals surface area (Å²) in [4.78, 5) is 18.0. The first-order chi connectivity index (χ1) is 8.46. The molecule has 0 aromatic carbocycles. The molecule has 0 aliphatic carbocycles. The van der Waals surface area contributed by atoms with Crippen LogP contribution >= 0.6 is 11.3 Å². The first kappa shape index (κ1) is 13.3. The van der Waals surface area contributed by atoms with Crippen LogP contribution in [-0.2, 0) is 4.74 Å². The van der Waals surface area contributed by atoms with Gasteiger partial charge in [0.05, 0.1) is 6.04 Å². The molecule has 6 heteroatoms. The largest absolute Gasteiger partial charge is 0.444 e. The molecular weight excluding hydrogens is 250 g/mol. The molecule has 1 aromatic heterocycles. The standard InChI is InChI=1S/C12H19N3O2S/c1-12(2,3)17-11(16)15-6-4-13-9(8-15)10-14-5-7-18-10/h5,7,9,13H,4,6,8H2,1-3H3.